The fraction of sp³-hybridized carbons (Fsp3) is 0.458. The number of carbonyl (C=O) groups excluding carboxylic acids is 1. The van der Waals surface area contributed by atoms with Crippen molar-refractivity contribution in [3.63, 3.8) is 0 Å². The number of nitriles is 1. The summed E-state index contributed by atoms with van der Waals surface area (Å²) in [6.07, 6.45) is -4.30. The average molecular weight is 477 g/mol. The zero-order chi connectivity index (χ0) is 25.4. The zero-order valence-corrected chi connectivity index (χ0v) is 19.4. The summed E-state index contributed by atoms with van der Waals surface area (Å²) in [7, 11) is 2.59. The van der Waals surface area contributed by atoms with Gasteiger partial charge in [0, 0.05) is 19.2 Å². The van der Waals surface area contributed by atoms with E-state index in [1.807, 2.05) is 6.92 Å². The molecule has 1 aromatic heterocycles. The quantitative estimate of drug-likeness (QED) is 0.625. The summed E-state index contributed by atoms with van der Waals surface area (Å²) in [6, 6.07) is 6.47. The summed E-state index contributed by atoms with van der Waals surface area (Å²) in [5.41, 5.74) is 1.02. The van der Waals surface area contributed by atoms with Crippen molar-refractivity contribution >= 4 is 11.9 Å². The van der Waals surface area contributed by atoms with Crippen molar-refractivity contribution in [3.05, 3.63) is 40.6 Å². The smallest absolute Gasteiger partial charge is 0.392 e. The topological polar surface area (TPSA) is 95.6 Å². The molecule has 7 nitrogen and oxygen atoms in total. The maximum atomic E-state index is 13.4. The standard InChI is InChI=1S/C24H26F3N3O4/c1-5-6-15-9-18(21(31)29(3)23(2,13-28)12-24(25,26)27)30-8-7-14-10-19(34-4)17(22(32)33)11-16(14)20(15)30/h9-11H,5-8,12H2,1-4H3,(H,32,33)/t23-/m0/s1. The number of hydrogen-bond acceptors (Lipinski definition) is 4. The van der Waals surface area contributed by atoms with Crippen LogP contribution < -0.4 is 4.74 Å². The second-order valence-electron chi connectivity index (χ2n) is 8.61. The van der Waals surface area contributed by atoms with E-state index in [-0.39, 0.29) is 17.0 Å². The SMILES string of the molecule is CCCc1cc(C(=O)N(C)[C@](C)(C#N)CC(F)(F)F)n2c1-c1cc(C(=O)O)c(OC)cc1CC2. The van der Waals surface area contributed by atoms with E-state index in [0.29, 0.717) is 30.6 Å². The number of amides is 1. The molecule has 182 valence electrons. The summed E-state index contributed by atoms with van der Waals surface area (Å²) in [5.74, 6) is -1.63. The van der Waals surface area contributed by atoms with Crippen LogP contribution in [0.3, 0.4) is 0 Å². The summed E-state index contributed by atoms with van der Waals surface area (Å²) >= 11 is 0. The van der Waals surface area contributed by atoms with Crippen LogP contribution in [0.25, 0.3) is 11.3 Å². The van der Waals surface area contributed by atoms with E-state index in [9.17, 15) is 33.1 Å². The molecule has 1 atom stereocenters. The Bertz CT molecular complexity index is 1180. The van der Waals surface area contributed by atoms with Gasteiger partial charge in [0.1, 0.15) is 22.5 Å². The number of alkyl halides is 3. The van der Waals surface area contributed by atoms with Gasteiger partial charge in [-0.15, -0.1) is 0 Å². The average Bonchev–Trinajstić information content (AvgIpc) is 3.14. The molecule has 1 aliphatic rings. The minimum Gasteiger partial charge on any atom is -0.496 e. The number of ether oxygens (including phenoxy) is 1. The molecule has 0 saturated carbocycles. The van der Waals surface area contributed by atoms with Crippen LogP contribution in [0.2, 0.25) is 0 Å². The number of fused-ring (bicyclic) bond motifs is 3. The first-order valence-corrected chi connectivity index (χ1v) is 10.8. The maximum absolute atomic E-state index is 13.4. The molecule has 0 bridgehead atoms. The molecule has 1 N–H and O–H groups in total. The van der Waals surface area contributed by atoms with Crippen LogP contribution in [0.4, 0.5) is 13.2 Å². The number of carbonyl (C=O) groups is 2. The first-order valence-electron chi connectivity index (χ1n) is 10.8. The Balaban J connectivity index is 2.16. The number of methoxy groups -OCH3 is 1. The van der Waals surface area contributed by atoms with Crippen LogP contribution in [0.1, 0.15) is 58.7 Å². The molecule has 1 amide bonds. The van der Waals surface area contributed by atoms with Crippen LogP contribution in [-0.2, 0) is 19.4 Å². The monoisotopic (exact) mass is 477 g/mol. The highest BCUT2D eigenvalue weighted by atomic mass is 19.4. The molecule has 2 heterocycles. The van der Waals surface area contributed by atoms with Gasteiger partial charge in [0.05, 0.1) is 25.3 Å². The van der Waals surface area contributed by atoms with E-state index < -0.39 is 30.0 Å². The predicted octanol–water partition coefficient (Wildman–Crippen LogP) is 4.68. The third-order valence-electron chi connectivity index (χ3n) is 6.26. The summed E-state index contributed by atoms with van der Waals surface area (Å²) in [6.45, 7) is 3.42. The normalized spacial score (nSPS) is 14.4. The number of aryl methyl sites for hydroxylation is 2. The van der Waals surface area contributed by atoms with Crippen LogP contribution in [0, 0.1) is 11.3 Å². The number of nitrogens with zero attached hydrogens (tertiary/aromatic N) is 3. The largest absolute Gasteiger partial charge is 0.496 e. The van der Waals surface area contributed by atoms with E-state index in [2.05, 4.69) is 0 Å². The van der Waals surface area contributed by atoms with Gasteiger partial charge in [-0.25, -0.2) is 4.79 Å². The minimum absolute atomic E-state index is 0.0226. The molecule has 0 spiro atoms. The molecule has 0 radical (unpaired) electrons. The van der Waals surface area contributed by atoms with Gasteiger partial charge in [-0.3, -0.25) is 4.79 Å². The van der Waals surface area contributed by atoms with Gasteiger partial charge < -0.3 is 19.3 Å². The fourth-order valence-electron chi connectivity index (χ4n) is 4.43. The summed E-state index contributed by atoms with van der Waals surface area (Å²) in [5, 5.41) is 19.1. The van der Waals surface area contributed by atoms with Crippen LogP contribution in [-0.4, -0.2) is 52.3 Å². The van der Waals surface area contributed by atoms with E-state index in [1.54, 1.807) is 22.8 Å². The van der Waals surface area contributed by atoms with Crippen LogP contribution in [0.15, 0.2) is 18.2 Å². The van der Waals surface area contributed by atoms with Crippen molar-refractivity contribution in [2.75, 3.05) is 14.2 Å². The first kappa shape index (κ1) is 25.1. The van der Waals surface area contributed by atoms with Crippen molar-refractivity contribution < 1.29 is 32.6 Å². The van der Waals surface area contributed by atoms with Gasteiger partial charge in [-0.05, 0) is 49.1 Å². The number of carboxylic acids is 1. The molecule has 0 fully saturated rings. The summed E-state index contributed by atoms with van der Waals surface area (Å²) in [4.78, 5) is 26.0. The number of benzene rings is 1. The number of aromatic carboxylic acids is 1. The van der Waals surface area contributed by atoms with E-state index in [4.69, 9.17) is 4.74 Å². The Kier molecular flexibility index (Phi) is 6.69. The lowest BCUT2D eigenvalue weighted by atomic mass is 9.92. The molecule has 10 heteroatoms. The van der Waals surface area contributed by atoms with E-state index in [1.165, 1.54) is 20.2 Å². The minimum atomic E-state index is -4.63. The van der Waals surface area contributed by atoms with Gasteiger partial charge >= 0.3 is 12.1 Å². The van der Waals surface area contributed by atoms with Crippen molar-refractivity contribution in [2.45, 2.75) is 57.8 Å². The van der Waals surface area contributed by atoms with Crippen molar-refractivity contribution in [3.8, 4) is 23.1 Å². The summed E-state index contributed by atoms with van der Waals surface area (Å²) < 4.78 is 46.3. The second kappa shape index (κ2) is 9.05. The second-order valence-corrected chi connectivity index (χ2v) is 8.61. The van der Waals surface area contributed by atoms with Crippen LogP contribution in [0.5, 0.6) is 5.75 Å². The third kappa shape index (κ3) is 4.47. The van der Waals surface area contributed by atoms with Crippen molar-refractivity contribution in [1.29, 1.82) is 5.26 Å². The molecule has 1 aliphatic heterocycles. The molecular weight excluding hydrogens is 451 g/mol. The molecule has 34 heavy (non-hydrogen) atoms. The lowest BCUT2D eigenvalue weighted by Gasteiger charge is -2.34. The van der Waals surface area contributed by atoms with Gasteiger partial charge in [-0.2, -0.15) is 18.4 Å². The Morgan fingerprint density at radius 1 is 1.29 bits per heavy atom. The molecule has 2 aromatic rings. The number of aromatic nitrogens is 1. The molecule has 0 aliphatic carbocycles. The lowest BCUT2D eigenvalue weighted by Crippen LogP contribution is -2.49. The highest BCUT2D eigenvalue weighted by Gasteiger charge is 2.45. The molecule has 0 saturated heterocycles. The van der Waals surface area contributed by atoms with E-state index >= 15 is 0 Å². The molecule has 0 unspecified atom stereocenters. The lowest BCUT2D eigenvalue weighted by molar-refractivity contribution is -0.150. The number of carboxylic acid groups (broad SMARTS) is 1. The highest BCUT2D eigenvalue weighted by Crippen LogP contribution is 2.40. The molecule has 3 rings (SSSR count). The van der Waals surface area contributed by atoms with Crippen molar-refractivity contribution in [1.82, 2.24) is 9.47 Å². The predicted molar refractivity (Wildman–Crippen MR) is 118 cm³/mol. The molecule has 1 aromatic carbocycles. The Morgan fingerprint density at radius 2 is 1.97 bits per heavy atom. The maximum Gasteiger partial charge on any atom is 0.392 e. The third-order valence-corrected chi connectivity index (χ3v) is 6.26. The van der Waals surface area contributed by atoms with E-state index in [0.717, 1.165) is 29.4 Å². The highest BCUT2D eigenvalue weighted by molar-refractivity contribution is 5.97. The number of hydrogen-bond donors (Lipinski definition) is 1. The van der Waals surface area contributed by atoms with Gasteiger partial charge in [0.2, 0.25) is 0 Å². The van der Waals surface area contributed by atoms with Gasteiger partial charge in [0.15, 0.2) is 0 Å². The number of halogens is 3. The Labute approximate surface area is 195 Å². The Hall–Kier alpha value is -3.48. The van der Waals surface area contributed by atoms with Gasteiger partial charge in [0.25, 0.3) is 5.91 Å². The zero-order valence-electron chi connectivity index (χ0n) is 19.4. The molecular formula is C24H26F3N3O4. The number of rotatable bonds is 7. The first-order chi connectivity index (χ1) is 15.9. The van der Waals surface area contributed by atoms with Crippen molar-refractivity contribution in [2.24, 2.45) is 0 Å². The Morgan fingerprint density at radius 3 is 2.50 bits per heavy atom. The van der Waals surface area contributed by atoms with Crippen LogP contribution >= 0.6 is 0 Å². The van der Waals surface area contributed by atoms with Gasteiger partial charge in [-0.1, -0.05) is 13.3 Å². The fourth-order valence-corrected chi connectivity index (χ4v) is 4.43.